The average Bonchev–Trinajstić information content (AvgIpc) is 3.32. The van der Waals surface area contributed by atoms with E-state index in [-0.39, 0.29) is 29.6 Å². The largest absolute Gasteiger partial charge is 0.461 e. The number of hydrogen-bond acceptors (Lipinski definition) is 5. The second-order valence-electron chi connectivity index (χ2n) is 7.14. The van der Waals surface area contributed by atoms with E-state index < -0.39 is 22.0 Å². The van der Waals surface area contributed by atoms with Gasteiger partial charge in [-0.1, -0.05) is 6.07 Å². The maximum Gasteiger partial charge on any atom is 0.354 e. The van der Waals surface area contributed by atoms with E-state index >= 15 is 0 Å². The van der Waals surface area contributed by atoms with Gasteiger partial charge in [0.05, 0.1) is 12.3 Å². The van der Waals surface area contributed by atoms with Crippen LogP contribution in [0.1, 0.15) is 35.8 Å². The fourth-order valence-corrected chi connectivity index (χ4v) is 5.77. The molecule has 1 aliphatic heterocycles. The Hall–Kier alpha value is -2.17. The van der Waals surface area contributed by atoms with Crippen LogP contribution in [0.3, 0.4) is 0 Å². The minimum absolute atomic E-state index is 0.0377. The van der Waals surface area contributed by atoms with Crippen molar-refractivity contribution in [1.29, 1.82) is 0 Å². The number of sulfonamides is 1. The lowest BCUT2D eigenvalue weighted by Gasteiger charge is -2.23. The van der Waals surface area contributed by atoms with E-state index in [1.165, 1.54) is 21.1 Å². The van der Waals surface area contributed by atoms with Gasteiger partial charge in [-0.05, 0) is 66.4 Å². The number of hydrogen-bond donors (Lipinski definition) is 1. The number of carbonyl (C=O) groups is 2. The van der Waals surface area contributed by atoms with Gasteiger partial charge in [0.1, 0.15) is 16.6 Å². The highest BCUT2D eigenvalue weighted by Gasteiger charge is 2.40. The first-order chi connectivity index (χ1) is 14.1. The Morgan fingerprint density at radius 1 is 1.30 bits per heavy atom. The van der Waals surface area contributed by atoms with Gasteiger partial charge in [0.2, 0.25) is 15.9 Å². The molecule has 1 N–H and O–H groups in total. The van der Waals surface area contributed by atoms with E-state index in [0.29, 0.717) is 18.5 Å². The summed E-state index contributed by atoms with van der Waals surface area (Å²) in [5.74, 6) is -0.983. The first-order valence-electron chi connectivity index (χ1n) is 9.57. The Morgan fingerprint density at radius 3 is 2.70 bits per heavy atom. The van der Waals surface area contributed by atoms with Crippen LogP contribution < -0.4 is 5.32 Å². The van der Waals surface area contributed by atoms with Crippen LogP contribution in [0.4, 0.5) is 5.69 Å². The van der Waals surface area contributed by atoms with E-state index in [9.17, 15) is 18.0 Å². The number of anilines is 1. The summed E-state index contributed by atoms with van der Waals surface area (Å²) in [7, 11) is -2.38. The lowest BCUT2D eigenvalue weighted by molar-refractivity contribution is -0.119. The highest BCUT2D eigenvalue weighted by atomic mass is 79.9. The monoisotopic (exact) mass is 497 g/mol. The predicted octanol–water partition coefficient (Wildman–Crippen LogP) is 3.06. The van der Waals surface area contributed by atoms with Crippen molar-refractivity contribution in [3.63, 3.8) is 0 Å². The van der Waals surface area contributed by atoms with E-state index in [4.69, 9.17) is 4.74 Å². The number of nitrogens with zero attached hydrogens (tertiary/aromatic N) is 2. The number of esters is 1. The molecule has 1 saturated heterocycles. The number of ether oxygens (including phenoxy) is 1. The molecule has 0 unspecified atom stereocenters. The SMILES string of the molecule is CCOC(=O)c1cc(S(=O)(=O)N2CCC[C@H]2C(=O)Nc2ccc(C)cc2Br)cn1C. The smallest absolute Gasteiger partial charge is 0.354 e. The maximum absolute atomic E-state index is 13.2. The number of aromatic nitrogens is 1. The second-order valence-corrected chi connectivity index (χ2v) is 9.88. The van der Waals surface area contributed by atoms with Crippen molar-refractivity contribution in [1.82, 2.24) is 8.87 Å². The standard InChI is InChI=1S/C20H24BrN3O5S/c1-4-29-20(26)18-11-14(12-23(18)3)30(27,28)24-9-5-6-17(24)19(25)22-16-8-7-13(2)10-15(16)21/h7-8,10-12,17H,4-6,9H2,1-3H3,(H,22,25)/t17-/m0/s1. The molecule has 1 aromatic carbocycles. The molecule has 0 saturated carbocycles. The molecule has 1 aliphatic rings. The molecule has 10 heteroatoms. The quantitative estimate of drug-likeness (QED) is 0.618. The molecular formula is C20H24BrN3O5S. The number of amides is 1. The molecule has 0 spiro atoms. The zero-order valence-electron chi connectivity index (χ0n) is 17.0. The molecule has 162 valence electrons. The maximum atomic E-state index is 13.2. The van der Waals surface area contributed by atoms with Crippen LogP contribution in [0.2, 0.25) is 0 Å². The minimum atomic E-state index is -3.96. The molecule has 3 rings (SSSR count). The van der Waals surface area contributed by atoms with Crippen LogP contribution in [-0.2, 0) is 26.6 Å². The van der Waals surface area contributed by atoms with E-state index in [0.717, 1.165) is 10.0 Å². The van der Waals surface area contributed by atoms with Gasteiger partial charge in [0, 0.05) is 24.3 Å². The Labute approximate surface area is 184 Å². The number of halogens is 1. The fourth-order valence-electron chi connectivity index (χ4n) is 3.45. The van der Waals surface area contributed by atoms with Crippen LogP contribution in [0.5, 0.6) is 0 Å². The number of benzene rings is 1. The Morgan fingerprint density at radius 2 is 2.03 bits per heavy atom. The van der Waals surface area contributed by atoms with Gasteiger partial charge in [0.25, 0.3) is 0 Å². The van der Waals surface area contributed by atoms with Crippen molar-refractivity contribution in [3.8, 4) is 0 Å². The molecule has 1 aromatic heterocycles. The molecule has 1 amide bonds. The van der Waals surface area contributed by atoms with E-state index in [1.807, 2.05) is 19.1 Å². The summed E-state index contributed by atoms with van der Waals surface area (Å²) in [5, 5.41) is 2.81. The Balaban J connectivity index is 1.84. The molecule has 0 aliphatic carbocycles. The lowest BCUT2D eigenvalue weighted by Crippen LogP contribution is -2.43. The average molecular weight is 498 g/mol. The summed E-state index contributed by atoms with van der Waals surface area (Å²) >= 11 is 3.42. The molecule has 30 heavy (non-hydrogen) atoms. The zero-order chi connectivity index (χ0) is 22.1. The Bertz CT molecular complexity index is 1080. The summed E-state index contributed by atoms with van der Waals surface area (Å²) < 4.78 is 34.8. The second kappa shape index (κ2) is 8.91. The van der Waals surface area contributed by atoms with Crippen LogP contribution in [0, 0.1) is 6.92 Å². The zero-order valence-corrected chi connectivity index (χ0v) is 19.4. The highest BCUT2D eigenvalue weighted by molar-refractivity contribution is 9.10. The minimum Gasteiger partial charge on any atom is -0.461 e. The van der Waals surface area contributed by atoms with Crippen LogP contribution in [-0.4, -0.2) is 48.4 Å². The molecule has 2 heterocycles. The first-order valence-corrected chi connectivity index (χ1v) is 11.8. The molecular weight excluding hydrogens is 474 g/mol. The normalized spacial score (nSPS) is 17.1. The van der Waals surface area contributed by atoms with Crippen LogP contribution in [0.25, 0.3) is 0 Å². The van der Waals surface area contributed by atoms with Gasteiger partial charge in [-0.2, -0.15) is 4.31 Å². The first kappa shape index (κ1) is 22.5. The lowest BCUT2D eigenvalue weighted by atomic mass is 10.2. The number of nitrogens with one attached hydrogen (secondary N) is 1. The Kier molecular flexibility index (Phi) is 6.68. The van der Waals surface area contributed by atoms with E-state index in [1.54, 1.807) is 20.0 Å². The van der Waals surface area contributed by atoms with Crippen molar-refractivity contribution in [2.24, 2.45) is 7.05 Å². The summed E-state index contributed by atoms with van der Waals surface area (Å²) in [5.41, 5.74) is 1.75. The molecule has 0 bridgehead atoms. The molecule has 0 radical (unpaired) electrons. The number of rotatable bonds is 6. The van der Waals surface area contributed by atoms with Gasteiger partial charge >= 0.3 is 5.97 Å². The fraction of sp³-hybridized carbons (Fsp3) is 0.400. The molecule has 1 atom stereocenters. The summed E-state index contributed by atoms with van der Waals surface area (Å²) in [6.07, 6.45) is 2.36. The van der Waals surface area contributed by atoms with Crippen LogP contribution in [0.15, 0.2) is 39.8 Å². The third-order valence-electron chi connectivity index (χ3n) is 4.96. The summed E-state index contributed by atoms with van der Waals surface area (Å²) in [4.78, 5) is 24.9. The third-order valence-corrected chi connectivity index (χ3v) is 7.49. The van der Waals surface area contributed by atoms with Crippen molar-refractivity contribution >= 4 is 43.5 Å². The van der Waals surface area contributed by atoms with Gasteiger partial charge in [0.15, 0.2) is 0 Å². The van der Waals surface area contributed by atoms with Crippen molar-refractivity contribution in [2.75, 3.05) is 18.5 Å². The topological polar surface area (TPSA) is 97.7 Å². The van der Waals surface area contributed by atoms with Gasteiger partial charge in [-0.3, -0.25) is 4.79 Å². The van der Waals surface area contributed by atoms with Crippen molar-refractivity contribution < 1.29 is 22.7 Å². The number of carbonyl (C=O) groups excluding carboxylic acids is 2. The summed E-state index contributed by atoms with van der Waals surface area (Å²) in [6.45, 7) is 4.04. The highest BCUT2D eigenvalue weighted by Crippen LogP contribution is 2.29. The summed E-state index contributed by atoms with van der Waals surface area (Å²) in [6, 6.07) is 5.98. The van der Waals surface area contributed by atoms with E-state index in [2.05, 4.69) is 21.2 Å². The van der Waals surface area contributed by atoms with Crippen LogP contribution >= 0.6 is 15.9 Å². The van der Waals surface area contributed by atoms with Gasteiger partial charge in [-0.25, -0.2) is 13.2 Å². The molecule has 1 fully saturated rings. The van der Waals surface area contributed by atoms with Crippen molar-refractivity contribution in [2.45, 2.75) is 37.6 Å². The van der Waals surface area contributed by atoms with Gasteiger partial charge < -0.3 is 14.6 Å². The molecule has 2 aromatic rings. The predicted molar refractivity (Wildman–Crippen MR) is 116 cm³/mol. The van der Waals surface area contributed by atoms with Crippen molar-refractivity contribution in [3.05, 3.63) is 46.2 Å². The molecule has 8 nitrogen and oxygen atoms in total. The van der Waals surface area contributed by atoms with Gasteiger partial charge in [-0.15, -0.1) is 0 Å². The number of aryl methyl sites for hydroxylation is 2. The third kappa shape index (κ3) is 4.45.